The number of amides is 1. The van der Waals surface area contributed by atoms with Crippen molar-refractivity contribution in [2.45, 2.75) is 6.54 Å². The molecule has 0 aromatic carbocycles. The van der Waals surface area contributed by atoms with Gasteiger partial charge in [0.2, 0.25) is 0 Å². The molecule has 0 aliphatic carbocycles. The summed E-state index contributed by atoms with van der Waals surface area (Å²) in [4.78, 5) is 32.5. The van der Waals surface area contributed by atoms with Gasteiger partial charge >= 0.3 is 0 Å². The Bertz CT molecular complexity index is 1190. The fraction of sp³-hybridized carbons (Fsp3) is 0.227. The van der Waals surface area contributed by atoms with Gasteiger partial charge in [0.15, 0.2) is 5.65 Å². The first kappa shape index (κ1) is 19.1. The van der Waals surface area contributed by atoms with Gasteiger partial charge in [-0.2, -0.15) is 0 Å². The SMILES string of the molecule is O=C(Nc1ccc(N2CCOCC2)nc1)c1cnc2c(c1)ncn2Cc1ccccn1. The van der Waals surface area contributed by atoms with E-state index in [2.05, 4.69) is 30.2 Å². The van der Waals surface area contributed by atoms with Gasteiger partial charge in [0.1, 0.15) is 11.3 Å². The molecule has 1 N–H and O–H groups in total. The molecule has 9 heteroatoms. The molecule has 31 heavy (non-hydrogen) atoms. The summed E-state index contributed by atoms with van der Waals surface area (Å²) in [6.07, 6.45) is 6.69. The number of hydrogen-bond acceptors (Lipinski definition) is 7. The van der Waals surface area contributed by atoms with Crippen molar-refractivity contribution in [3.05, 3.63) is 72.6 Å². The lowest BCUT2D eigenvalue weighted by molar-refractivity contribution is 0.102. The smallest absolute Gasteiger partial charge is 0.257 e. The minimum Gasteiger partial charge on any atom is -0.378 e. The molecule has 0 radical (unpaired) electrons. The van der Waals surface area contributed by atoms with E-state index in [1.165, 1.54) is 0 Å². The van der Waals surface area contributed by atoms with E-state index in [0.717, 1.165) is 24.6 Å². The lowest BCUT2D eigenvalue weighted by Gasteiger charge is -2.27. The number of nitrogens with one attached hydrogen (secondary N) is 1. The Labute approximate surface area is 178 Å². The maximum Gasteiger partial charge on any atom is 0.257 e. The van der Waals surface area contributed by atoms with E-state index in [4.69, 9.17) is 4.74 Å². The predicted octanol–water partition coefficient (Wildman–Crippen LogP) is 2.36. The van der Waals surface area contributed by atoms with Crippen LogP contribution in [0.1, 0.15) is 16.1 Å². The molecule has 0 unspecified atom stereocenters. The zero-order valence-corrected chi connectivity index (χ0v) is 16.8. The van der Waals surface area contributed by atoms with E-state index in [-0.39, 0.29) is 5.91 Å². The number of rotatable bonds is 5. The Morgan fingerprint density at radius 3 is 2.71 bits per heavy atom. The summed E-state index contributed by atoms with van der Waals surface area (Å²) in [5, 5.41) is 2.87. The van der Waals surface area contributed by atoms with Crippen LogP contribution in [0.15, 0.2) is 61.3 Å². The number of carbonyl (C=O) groups is 1. The van der Waals surface area contributed by atoms with E-state index in [0.29, 0.717) is 42.2 Å². The average Bonchev–Trinajstić information content (AvgIpc) is 3.23. The first-order valence-electron chi connectivity index (χ1n) is 10.1. The normalized spacial score (nSPS) is 14.0. The van der Waals surface area contributed by atoms with Crippen LogP contribution in [-0.4, -0.2) is 56.7 Å². The zero-order chi connectivity index (χ0) is 21.0. The zero-order valence-electron chi connectivity index (χ0n) is 16.8. The molecule has 0 spiro atoms. The molecule has 4 aromatic rings. The Balaban J connectivity index is 1.28. The van der Waals surface area contributed by atoms with Crippen LogP contribution in [-0.2, 0) is 11.3 Å². The number of pyridine rings is 3. The van der Waals surface area contributed by atoms with Crippen LogP contribution in [0.5, 0.6) is 0 Å². The highest BCUT2D eigenvalue weighted by Crippen LogP contribution is 2.18. The van der Waals surface area contributed by atoms with E-state index < -0.39 is 0 Å². The standard InChI is InChI=1S/C22H21N7O2/c30-22(27-17-4-5-20(24-13-17)28-7-9-31-10-8-28)16-11-19-21(25-12-16)29(15-26-19)14-18-3-1-2-6-23-18/h1-6,11-13,15H,7-10,14H2,(H,27,30). The van der Waals surface area contributed by atoms with Crippen LogP contribution in [0, 0.1) is 0 Å². The van der Waals surface area contributed by atoms with E-state index in [9.17, 15) is 4.79 Å². The monoisotopic (exact) mass is 415 g/mol. The van der Waals surface area contributed by atoms with Gasteiger partial charge in [-0.1, -0.05) is 6.07 Å². The first-order chi connectivity index (χ1) is 15.3. The molecule has 1 aliphatic heterocycles. The lowest BCUT2D eigenvalue weighted by Crippen LogP contribution is -2.36. The van der Waals surface area contributed by atoms with Crippen molar-refractivity contribution in [1.82, 2.24) is 24.5 Å². The lowest BCUT2D eigenvalue weighted by atomic mass is 10.2. The molecule has 4 aromatic heterocycles. The molecule has 5 heterocycles. The van der Waals surface area contributed by atoms with Gasteiger partial charge in [-0.15, -0.1) is 0 Å². The highest BCUT2D eigenvalue weighted by molar-refractivity contribution is 6.05. The fourth-order valence-corrected chi connectivity index (χ4v) is 3.50. The Morgan fingerprint density at radius 1 is 1.03 bits per heavy atom. The molecule has 5 rings (SSSR count). The number of anilines is 2. The quantitative estimate of drug-likeness (QED) is 0.534. The van der Waals surface area contributed by atoms with Gasteiger partial charge in [-0.3, -0.25) is 9.78 Å². The molecule has 156 valence electrons. The minimum atomic E-state index is -0.255. The maximum absolute atomic E-state index is 12.7. The summed E-state index contributed by atoms with van der Waals surface area (Å²) < 4.78 is 7.28. The van der Waals surface area contributed by atoms with Crippen molar-refractivity contribution in [1.29, 1.82) is 0 Å². The minimum absolute atomic E-state index is 0.255. The van der Waals surface area contributed by atoms with Crippen LogP contribution >= 0.6 is 0 Å². The predicted molar refractivity (Wildman–Crippen MR) is 116 cm³/mol. The maximum atomic E-state index is 12.7. The number of ether oxygens (including phenoxy) is 1. The van der Waals surface area contributed by atoms with Gasteiger partial charge < -0.3 is 19.5 Å². The number of fused-ring (bicyclic) bond motifs is 1. The molecular weight excluding hydrogens is 394 g/mol. The van der Waals surface area contributed by atoms with Gasteiger partial charge in [0, 0.05) is 25.5 Å². The molecule has 1 fully saturated rings. The van der Waals surface area contributed by atoms with Gasteiger partial charge in [0.05, 0.1) is 49.2 Å². The van der Waals surface area contributed by atoms with Crippen LogP contribution in [0.25, 0.3) is 11.2 Å². The Kier molecular flexibility index (Phi) is 5.24. The summed E-state index contributed by atoms with van der Waals surface area (Å²) in [6.45, 7) is 3.60. The van der Waals surface area contributed by atoms with E-state index in [1.54, 1.807) is 31.0 Å². The number of imidazole rings is 1. The summed E-state index contributed by atoms with van der Waals surface area (Å²) in [5.41, 5.74) is 3.34. The topological polar surface area (TPSA) is 98.1 Å². The van der Waals surface area contributed by atoms with E-state index >= 15 is 0 Å². The van der Waals surface area contributed by atoms with Gasteiger partial charge in [-0.05, 0) is 30.3 Å². The molecule has 0 saturated carbocycles. The third-order valence-corrected chi connectivity index (χ3v) is 5.12. The number of carbonyl (C=O) groups excluding carboxylic acids is 1. The number of nitrogens with zero attached hydrogens (tertiary/aromatic N) is 6. The van der Waals surface area contributed by atoms with Crippen LogP contribution in [0.4, 0.5) is 11.5 Å². The number of morpholine rings is 1. The summed E-state index contributed by atoms with van der Waals surface area (Å²) >= 11 is 0. The molecule has 9 nitrogen and oxygen atoms in total. The average molecular weight is 415 g/mol. The number of hydrogen-bond donors (Lipinski definition) is 1. The molecule has 0 atom stereocenters. The molecular formula is C22H21N7O2. The second kappa shape index (κ2) is 8.49. The van der Waals surface area contributed by atoms with Crippen molar-refractivity contribution in [3.8, 4) is 0 Å². The van der Waals surface area contributed by atoms with Gasteiger partial charge in [-0.25, -0.2) is 15.0 Å². The Hall–Kier alpha value is -3.85. The summed E-state index contributed by atoms with van der Waals surface area (Å²) in [6, 6.07) is 11.3. The van der Waals surface area contributed by atoms with Crippen LogP contribution in [0.3, 0.4) is 0 Å². The van der Waals surface area contributed by atoms with Gasteiger partial charge in [0.25, 0.3) is 5.91 Å². The van der Waals surface area contributed by atoms with E-state index in [1.807, 2.05) is 34.9 Å². The fourth-order valence-electron chi connectivity index (χ4n) is 3.50. The first-order valence-corrected chi connectivity index (χ1v) is 10.1. The van der Waals surface area contributed by atoms with Crippen molar-refractivity contribution in [3.63, 3.8) is 0 Å². The van der Waals surface area contributed by atoms with Crippen molar-refractivity contribution >= 4 is 28.6 Å². The molecule has 0 bridgehead atoms. The summed E-state index contributed by atoms with van der Waals surface area (Å²) in [5.74, 6) is 0.623. The third-order valence-electron chi connectivity index (χ3n) is 5.12. The highest BCUT2D eigenvalue weighted by atomic mass is 16.5. The Morgan fingerprint density at radius 2 is 1.94 bits per heavy atom. The largest absolute Gasteiger partial charge is 0.378 e. The second-order valence-corrected chi connectivity index (χ2v) is 7.22. The second-order valence-electron chi connectivity index (χ2n) is 7.22. The van der Waals surface area contributed by atoms with Crippen LogP contribution in [0.2, 0.25) is 0 Å². The highest BCUT2D eigenvalue weighted by Gasteiger charge is 2.14. The van der Waals surface area contributed by atoms with Crippen molar-refractivity contribution in [2.75, 3.05) is 36.5 Å². The molecule has 1 saturated heterocycles. The van der Waals surface area contributed by atoms with Crippen molar-refractivity contribution in [2.24, 2.45) is 0 Å². The third kappa shape index (κ3) is 4.22. The van der Waals surface area contributed by atoms with Crippen LogP contribution < -0.4 is 10.2 Å². The number of aromatic nitrogens is 5. The molecule has 1 aliphatic rings. The van der Waals surface area contributed by atoms with Crippen molar-refractivity contribution < 1.29 is 9.53 Å². The molecule has 1 amide bonds. The summed E-state index contributed by atoms with van der Waals surface area (Å²) in [7, 11) is 0.